The standard InChI is InChI=1S/C24H25FN2O4S/c1-14-6-4-5-7-17(14)20-18-19(24(26-20,12-13-32-3)23(30)31-2)22(29)27(21(18)28)16-10-8-15(25)9-11-16/h4-11,18-20,26H,12-13H2,1-3H3/t18-,19+,20+,24+/m1/s1. The van der Waals surface area contributed by atoms with Crippen LogP contribution in [-0.4, -0.2) is 42.4 Å². The molecule has 0 aromatic heterocycles. The smallest absolute Gasteiger partial charge is 0.326 e. The monoisotopic (exact) mass is 456 g/mol. The lowest BCUT2D eigenvalue weighted by atomic mass is 9.77. The molecule has 0 radical (unpaired) electrons. The maximum Gasteiger partial charge on any atom is 0.326 e. The lowest BCUT2D eigenvalue weighted by Crippen LogP contribution is -2.56. The second kappa shape index (κ2) is 8.67. The highest BCUT2D eigenvalue weighted by molar-refractivity contribution is 7.98. The number of ether oxygens (including phenoxy) is 1. The zero-order valence-corrected chi connectivity index (χ0v) is 18.9. The summed E-state index contributed by atoms with van der Waals surface area (Å²) in [5.41, 5.74) is 0.772. The normalized spacial score (nSPS) is 27.0. The summed E-state index contributed by atoms with van der Waals surface area (Å²) >= 11 is 1.55. The van der Waals surface area contributed by atoms with Gasteiger partial charge in [0.05, 0.1) is 24.6 Å². The van der Waals surface area contributed by atoms with Crippen LogP contribution in [0.15, 0.2) is 48.5 Å². The number of nitrogens with zero attached hydrogens (tertiary/aromatic N) is 1. The molecule has 6 nitrogen and oxygen atoms in total. The summed E-state index contributed by atoms with van der Waals surface area (Å²) < 4.78 is 18.6. The van der Waals surface area contributed by atoms with Gasteiger partial charge in [-0.3, -0.25) is 19.7 Å². The maximum absolute atomic E-state index is 13.7. The second-order valence-corrected chi connectivity index (χ2v) is 9.16. The third-order valence-electron chi connectivity index (χ3n) is 6.51. The Labute approximate surface area is 190 Å². The second-order valence-electron chi connectivity index (χ2n) is 8.18. The summed E-state index contributed by atoms with van der Waals surface area (Å²) in [6.45, 7) is 1.94. The number of fused-ring (bicyclic) bond motifs is 1. The summed E-state index contributed by atoms with van der Waals surface area (Å²) in [5.74, 6) is -3.00. The van der Waals surface area contributed by atoms with E-state index in [0.29, 0.717) is 17.9 Å². The molecule has 0 bridgehead atoms. The van der Waals surface area contributed by atoms with Crippen LogP contribution in [0, 0.1) is 24.6 Å². The van der Waals surface area contributed by atoms with Crippen LogP contribution in [0.5, 0.6) is 0 Å². The topological polar surface area (TPSA) is 75.7 Å². The number of methoxy groups -OCH3 is 1. The average Bonchev–Trinajstić information content (AvgIpc) is 3.27. The van der Waals surface area contributed by atoms with Gasteiger partial charge < -0.3 is 4.74 Å². The molecule has 0 saturated carbocycles. The Morgan fingerprint density at radius 2 is 1.84 bits per heavy atom. The molecule has 2 heterocycles. The first kappa shape index (κ1) is 22.5. The summed E-state index contributed by atoms with van der Waals surface area (Å²) in [5, 5.41) is 3.37. The highest BCUT2D eigenvalue weighted by atomic mass is 32.2. The van der Waals surface area contributed by atoms with E-state index in [1.165, 1.54) is 31.4 Å². The first-order valence-corrected chi connectivity index (χ1v) is 11.8. The number of aryl methyl sites for hydroxylation is 1. The molecule has 2 aliphatic rings. The van der Waals surface area contributed by atoms with E-state index < -0.39 is 47.0 Å². The van der Waals surface area contributed by atoms with E-state index >= 15 is 0 Å². The predicted octanol–water partition coefficient (Wildman–Crippen LogP) is 3.25. The molecule has 2 amide bonds. The number of hydrogen-bond donors (Lipinski definition) is 1. The van der Waals surface area contributed by atoms with Gasteiger partial charge in [-0.05, 0) is 60.7 Å². The van der Waals surface area contributed by atoms with Gasteiger partial charge in [0.2, 0.25) is 11.8 Å². The van der Waals surface area contributed by atoms with Crippen LogP contribution in [-0.2, 0) is 19.1 Å². The van der Waals surface area contributed by atoms with Crippen molar-refractivity contribution < 1.29 is 23.5 Å². The minimum atomic E-state index is -1.34. The quantitative estimate of drug-likeness (QED) is 0.531. The van der Waals surface area contributed by atoms with Gasteiger partial charge in [0.1, 0.15) is 11.4 Å². The van der Waals surface area contributed by atoms with Crippen molar-refractivity contribution >= 4 is 35.2 Å². The van der Waals surface area contributed by atoms with Crippen molar-refractivity contribution in [2.45, 2.75) is 24.9 Å². The van der Waals surface area contributed by atoms with E-state index in [1.54, 1.807) is 11.8 Å². The molecule has 0 aliphatic carbocycles. The third-order valence-corrected chi connectivity index (χ3v) is 7.13. The molecule has 2 aromatic carbocycles. The fourth-order valence-corrected chi connectivity index (χ4v) is 5.54. The number of amides is 2. The molecule has 1 N–H and O–H groups in total. The Kier molecular flexibility index (Phi) is 6.09. The highest BCUT2D eigenvalue weighted by Crippen LogP contribution is 2.51. The molecule has 0 spiro atoms. The number of halogens is 1. The summed E-state index contributed by atoms with van der Waals surface area (Å²) in [6.07, 6.45) is 2.25. The van der Waals surface area contributed by atoms with Gasteiger partial charge in [0, 0.05) is 6.04 Å². The number of anilines is 1. The number of nitrogens with one attached hydrogen (secondary N) is 1. The highest BCUT2D eigenvalue weighted by Gasteiger charge is 2.68. The van der Waals surface area contributed by atoms with Crippen LogP contribution in [0.1, 0.15) is 23.6 Å². The molecule has 2 saturated heterocycles. The van der Waals surface area contributed by atoms with Gasteiger partial charge in [-0.25, -0.2) is 9.29 Å². The molecule has 168 valence electrons. The number of thioether (sulfide) groups is 1. The molecule has 2 aliphatic heterocycles. The van der Waals surface area contributed by atoms with Gasteiger partial charge in [-0.15, -0.1) is 0 Å². The predicted molar refractivity (Wildman–Crippen MR) is 121 cm³/mol. The van der Waals surface area contributed by atoms with E-state index in [9.17, 15) is 18.8 Å². The minimum Gasteiger partial charge on any atom is -0.468 e. The van der Waals surface area contributed by atoms with Gasteiger partial charge >= 0.3 is 5.97 Å². The summed E-state index contributed by atoms with van der Waals surface area (Å²) in [6, 6.07) is 12.3. The van der Waals surface area contributed by atoms with Crippen LogP contribution in [0.3, 0.4) is 0 Å². The van der Waals surface area contributed by atoms with Crippen LogP contribution in [0.4, 0.5) is 10.1 Å². The van der Waals surface area contributed by atoms with Crippen molar-refractivity contribution in [2.24, 2.45) is 11.8 Å². The van der Waals surface area contributed by atoms with Gasteiger partial charge in [0.15, 0.2) is 0 Å². The van der Waals surface area contributed by atoms with E-state index in [2.05, 4.69) is 5.32 Å². The molecule has 0 unspecified atom stereocenters. The number of carbonyl (C=O) groups excluding carboxylic acids is 3. The van der Waals surface area contributed by atoms with E-state index in [-0.39, 0.29) is 0 Å². The van der Waals surface area contributed by atoms with Crippen molar-refractivity contribution in [3.8, 4) is 0 Å². The van der Waals surface area contributed by atoms with Crippen molar-refractivity contribution in [3.05, 3.63) is 65.5 Å². The number of hydrogen-bond acceptors (Lipinski definition) is 6. The van der Waals surface area contributed by atoms with Gasteiger partial charge in [0.25, 0.3) is 0 Å². The molecule has 2 aromatic rings. The first-order valence-electron chi connectivity index (χ1n) is 10.4. The van der Waals surface area contributed by atoms with Crippen LogP contribution in [0.2, 0.25) is 0 Å². The van der Waals surface area contributed by atoms with E-state index in [4.69, 9.17) is 4.74 Å². The molecule has 8 heteroatoms. The molecule has 2 fully saturated rings. The average molecular weight is 457 g/mol. The first-order chi connectivity index (χ1) is 15.4. The zero-order valence-electron chi connectivity index (χ0n) is 18.1. The van der Waals surface area contributed by atoms with Gasteiger partial charge in [-0.1, -0.05) is 24.3 Å². The third kappa shape index (κ3) is 3.42. The molecule has 4 atom stereocenters. The Bertz CT molecular complexity index is 1060. The maximum atomic E-state index is 13.7. The summed E-state index contributed by atoms with van der Waals surface area (Å²) in [4.78, 5) is 41.6. The zero-order chi connectivity index (χ0) is 23.0. The van der Waals surface area contributed by atoms with Crippen LogP contribution >= 0.6 is 11.8 Å². The van der Waals surface area contributed by atoms with Crippen LogP contribution in [0.25, 0.3) is 0 Å². The molecular formula is C24H25FN2O4S. The molecule has 32 heavy (non-hydrogen) atoms. The number of esters is 1. The van der Waals surface area contributed by atoms with Crippen molar-refractivity contribution in [3.63, 3.8) is 0 Å². The largest absolute Gasteiger partial charge is 0.468 e. The van der Waals surface area contributed by atoms with Gasteiger partial charge in [-0.2, -0.15) is 11.8 Å². The van der Waals surface area contributed by atoms with E-state index in [0.717, 1.165) is 16.0 Å². The Hall–Kier alpha value is -2.71. The Morgan fingerprint density at radius 3 is 2.47 bits per heavy atom. The number of rotatable bonds is 6. The summed E-state index contributed by atoms with van der Waals surface area (Å²) in [7, 11) is 1.29. The molecular weight excluding hydrogens is 431 g/mol. The number of carbonyl (C=O) groups is 3. The molecule has 4 rings (SSSR count). The number of benzene rings is 2. The lowest BCUT2D eigenvalue weighted by molar-refractivity contribution is -0.152. The fraction of sp³-hybridized carbons (Fsp3) is 0.375. The minimum absolute atomic E-state index is 0.294. The van der Waals surface area contributed by atoms with Crippen molar-refractivity contribution in [1.82, 2.24) is 5.32 Å². The van der Waals surface area contributed by atoms with Crippen LogP contribution < -0.4 is 10.2 Å². The Balaban J connectivity index is 1.87. The SMILES string of the molecule is COC(=O)[C@@]1(CCSC)N[C@@H](c2ccccc2C)[C@@H]2C(=O)N(c3ccc(F)cc3)C(=O)[C@H]21. The van der Waals surface area contributed by atoms with E-state index in [1.807, 2.05) is 37.4 Å². The lowest BCUT2D eigenvalue weighted by Gasteiger charge is -2.32. The fourth-order valence-electron chi connectivity index (χ4n) is 5.01. The Morgan fingerprint density at radius 1 is 1.16 bits per heavy atom. The van der Waals surface area contributed by atoms with Crippen molar-refractivity contribution in [1.29, 1.82) is 0 Å². The number of imide groups is 1. The van der Waals surface area contributed by atoms with Crippen molar-refractivity contribution in [2.75, 3.05) is 24.0 Å².